The van der Waals surface area contributed by atoms with Crippen LogP contribution in [0.4, 0.5) is 0 Å². The third-order valence-electron chi connectivity index (χ3n) is 4.27. The second kappa shape index (κ2) is 7.78. The number of rotatable bonds is 5. The van der Waals surface area contributed by atoms with E-state index in [1.54, 1.807) is 6.21 Å². The van der Waals surface area contributed by atoms with Crippen molar-refractivity contribution in [2.45, 2.75) is 26.7 Å². The van der Waals surface area contributed by atoms with Crippen LogP contribution in [0.15, 0.2) is 59.7 Å². The first-order valence-corrected chi connectivity index (χ1v) is 8.60. The van der Waals surface area contributed by atoms with Gasteiger partial charge in [-0.15, -0.1) is 0 Å². The lowest BCUT2D eigenvalue weighted by Gasteiger charge is -2.04. The topological polar surface area (TPSA) is 70.1 Å². The van der Waals surface area contributed by atoms with Crippen LogP contribution in [0, 0.1) is 6.92 Å². The summed E-state index contributed by atoms with van der Waals surface area (Å²) >= 11 is 0. The molecule has 2 N–H and O–H groups in total. The predicted octanol–water partition coefficient (Wildman–Crippen LogP) is 4.27. The number of amides is 1. The molecule has 5 nitrogen and oxygen atoms in total. The first kappa shape index (κ1) is 17.6. The van der Waals surface area contributed by atoms with Crippen molar-refractivity contribution in [3.05, 3.63) is 77.0 Å². The lowest BCUT2D eigenvalue weighted by Crippen LogP contribution is -2.19. The fourth-order valence-corrected chi connectivity index (χ4v) is 2.68. The highest BCUT2D eigenvalue weighted by molar-refractivity contribution is 5.95. The van der Waals surface area contributed by atoms with Gasteiger partial charge in [0.05, 0.1) is 11.9 Å². The molecule has 3 aromatic rings. The molecule has 0 aliphatic rings. The highest BCUT2D eigenvalue weighted by Crippen LogP contribution is 2.22. The van der Waals surface area contributed by atoms with Crippen molar-refractivity contribution < 1.29 is 4.79 Å². The Hall–Kier alpha value is -3.21. The van der Waals surface area contributed by atoms with E-state index in [2.05, 4.69) is 46.7 Å². The Balaban J connectivity index is 1.68. The number of nitrogens with zero attached hydrogens (tertiary/aromatic N) is 2. The molecule has 0 radical (unpaired) electrons. The maximum atomic E-state index is 12.3. The van der Waals surface area contributed by atoms with Gasteiger partial charge in [0.2, 0.25) is 0 Å². The number of aromatic nitrogens is 2. The number of nitrogens with one attached hydrogen (secondary N) is 2. The second-order valence-electron chi connectivity index (χ2n) is 6.46. The van der Waals surface area contributed by atoms with E-state index in [1.807, 2.05) is 49.4 Å². The molecule has 1 aromatic heterocycles. The zero-order valence-electron chi connectivity index (χ0n) is 15.2. The smallest absolute Gasteiger partial charge is 0.272 e. The summed E-state index contributed by atoms with van der Waals surface area (Å²) in [6, 6.07) is 17.9. The Kier molecular flexibility index (Phi) is 5.27. The second-order valence-corrected chi connectivity index (χ2v) is 6.46. The SMILES string of the molecule is Cc1c(-c2ccccc2)n[nH]c1C(=O)N/N=C\c1ccc(C(C)C)cc1. The van der Waals surface area contributed by atoms with Crippen LogP contribution >= 0.6 is 0 Å². The van der Waals surface area contributed by atoms with Crippen molar-refractivity contribution in [3.8, 4) is 11.3 Å². The summed E-state index contributed by atoms with van der Waals surface area (Å²) in [4.78, 5) is 12.3. The average Bonchev–Trinajstić information content (AvgIpc) is 3.04. The number of aromatic amines is 1. The van der Waals surface area contributed by atoms with Gasteiger partial charge in [-0.1, -0.05) is 68.4 Å². The summed E-state index contributed by atoms with van der Waals surface area (Å²) in [7, 11) is 0. The Morgan fingerprint density at radius 2 is 1.81 bits per heavy atom. The molecule has 0 aliphatic heterocycles. The zero-order valence-corrected chi connectivity index (χ0v) is 15.2. The third kappa shape index (κ3) is 3.88. The fourth-order valence-electron chi connectivity index (χ4n) is 2.68. The van der Waals surface area contributed by atoms with Gasteiger partial charge >= 0.3 is 0 Å². The van der Waals surface area contributed by atoms with Crippen LogP contribution < -0.4 is 5.43 Å². The molecule has 0 saturated heterocycles. The molecule has 132 valence electrons. The van der Waals surface area contributed by atoms with Gasteiger partial charge in [-0.3, -0.25) is 9.89 Å². The fraction of sp³-hybridized carbons (Fsp3) is 0.190. The summed E-state index contributed by atoms with van der Waals surface area (Å²) in [5, 5.41) is 11.1. The van der Waals surface area contributed by atoms with Gasteiger partial charge in [-0.05, 0) is 24.0 Å². The van der Waals surface area contributed by atoms with Gasteiger partial charge in [0.25, 0.3) is 5.91 Å². The molecule has 2 aromatic carbocycles. The van der Waals surface area contributed by atoms with E-state index < -0.39 is 0 Å². The van der Waals surface area contributed by atoms with Crippen LogP contribution in [0.25, 0.3) is 11.3 Å². The summed E-state index contributed by atoms with van der Waals surface area (Å²) < 4.78 is 0. The number of carbonyl (C=O) groups excluding carboxylic acids is 1. The third-order valence-corrected chi connectivity index (χ3v) is 4.27. The summed E-state index contributed by atoms with van der Waals surface area (Å²) in [6.45, 7) is 6.18. The van der Waals surface area contributed by atoms with E-state index in [0.717, 1.165) is 22.4 Å². The van der Waals surface area contributed by atoms with Crippen LogP contribution in [0.3, 0.4) is 0 Å². The Morgan fingerprint density at radius 3 is 2.46 bits per heavy atom. The molecule has 0 bridgehead atoms. The van der Waals surface area contributed by atoms with E-state index in [1.165, 1.54) is 5.56 Å². The molecule has 0 fully saturated rings. The predicted molar refractivity (Wildman–Crippen MR) is 104 cm³/mol. The minimum Gasteiger partial charge on any atom is -0.272 e. The molecule has 26 heavy (non-hydrogen) atoms. The van der Waals surface area contributed by atoms with E-state index in [0.29, 0.717) is 11.6 Å². The van der Waals surface area contributed by atoms with Gasteiger partial charge < -0.3 is 0 Å². The molecule has 5 heteroatoms. The molecule has 3 rings (SSSR count). The summed E-state index contributed by atoms with van der Waals surface area (Å²) in [5.74, 6) is 0.176. The lowest BCUT2D eigenvalue weighted by molar-refractivity contribution is 0.0949. The van der Waals surface area contributed by atoms with Gasteiger partial charge in [0.15, 0.2) is 0 Å². The minimum atomic E-state index is -0.313. The van der Waals surface area contributed by atoms with Gasteiger partial charge in [-0.2, -0.15) is 10.2 Å². The van der Waals surface area contributed by atoms with Gasteiger partial charge in [0.1, 0.15) is 5.69 Å². The lowest BCUT2D eigenvalue weighted by atomic mass is 10.0. The summed E-state index contributed by atoms with van der Waals surface area (Å²) in [6.07, 6.45) is 1.63. The maximum Gasteiger partial charge on any atom is 0.289 e. The minimum absolute atomic E-state index is 0.313. The Labute approximate surface area is 153 Å². The Bertz CT molecular complexity index is 909. The molecule has 0 saturated carbocycles. The molecular formula is C21H22N4O. The quantitative estimate of drug-likeness (QED) is 0.535. The molecule has 0 atom stereocenters. The highest BCUT2D eigenvalue weighted by Gasteiger charge is 2.16. The molecule has 0 unspecified atom stereocenters. The molecular weight excluding hydrogens is 324 g/mol. The first-order valence-electron chi connectivity index (χ1n) is 8.60. The number of hydrogen-bond donors (Lipinski definition) is 2. The van der Waals surface area contributed by atoms with Crippen LogP contribution in [0.5, 0.6) is 0 Å². The van der Waals surface area contributed by atoms with Crippen molar-refractivity contribution in [1.29, 1.82) is 0 Å². The van der Waals surface area contributed by atoms with Crippen molar-refractivity contribution in [2.24, 2.45) is 5.10 Å². The Morgan fingerprint density at radius 1 is 1.12 bits per heavy atom. The van der Waals surface area contributed by atoms with E-state index in [4.69, 9.17) is 0 Å². The van der Waals surface area contributed by atoms with E-state index in [-0.39, 0.29) is 5.91 Å². The molecule has 1 heterocycles. The molecule has 0 aliphatic carbocycles. The van der Waals surface area contributed by atoms with E-state index >= 15 is 0 Å². The van der Waals surface area contributed by atoms with Crippen molar-refractivity contribution in [3.63, 3.8) is 0 Å². The summed E-state index contributed by atoms with van der Waals surface area (Å²) in [5.41, 5.74) is 7.70. The number of H-pyrrole nitrogens is 1. The van der Waals surface area contributed by atoms with Crippen molar-refractivity contribution in [2.75, 3.05) is 0 Å². The van der Waals surface area contributed by atoms with Crippen molar-refractivity contribution >= 4 is 12.1 Å². The monoisotopic (exact) mass is 346 g/mol. The maximum absolute atomic E-state index is 12.3. The number of carbonyl (C=O) groups is 1. The number of hydrogen-bond acceptors (Lipinski definition) is 3. The number of benzene rings is 2. The van der Waals surface area contributed by atoms with Gasteiger partial charge in [0, 0.05) is 11.1 Å². The van der Waals surface area contributed by atoms with Crippen LogP contribution in [0.1, 0.15) is 46.9 Å². The largest absolute Gasteiger partial charge is 0.289 e. The van der Waals surface area contributed by atoms with Crippen LogP contribution in [0.2, 0.25) is 0 Å². The standard InChI is InChI=1S/C21H22N4O/c1-14(2)17-11-9-16(10-12-17)13-22-25-21(26)20-15(3)19(23-24-20)18-7-5-4-6-8-18/h4-14H,1-3H3,(H,23,24)(H,25,26)/b22-13-. The van der Waals surface area contributed by atoms with Gasteiger partial charge in [-0.25, -0.2) is 5.43 Å². The van der Waals surface area contributed by atoms with E-state index in [9.17, 15) is 4.79 Å². The molecule has 1 amide bonds. The highest BCUT2D eigenvalue weighted by atomic mass is 16.2. The van der Waals surface area contributed by atoms with Crippen LogP contribution in [-0.2, 0) is 0 Å². The van der Waals surface area contributed by atoms with Crippen LogP contribution in [-0.4, -0.2) is 22.3 Å². The van der Waals surface area contributed by atoms with Crippen molar-refractivity contribution in [1.82, 2.24) is 15.6 Å². The zero-order chi connectivity index (χ0) is 18.5. The first-order chi connectivity index (χ1) is 12.6. The molecule has 0 spiro atoms. The normalized spacial score (nSPS) is 11.2. The average molecular weight is 346 g/mol. The number of hydrazone groups is 1.